The van der Waals surface area contributed by atoms with Gasteiger partial charge >= 0.3 is 0 Å². The van der Waals surface area contributed by atoms with Gasteiger partial charge in [-0.15, -0.1) is 0 Å². The van der Waals surface area contributed by atoms with E-state index < -0.39 is 10.0 Å². The molecule has 1 heterocycles. The van der Waals surface area contributed by atoms with E-state index in [9.17, 15) is 8.42 Å². The van der Waals surface area contributed by atoms with Crippen LogP contribution in [0.15, 0.2) is 21.6 Å². The van der Waals surface area contributed by atoms with Gasteiger partial charge in [-0.3, -0.25) is 0 Å². The van der Waals surface area contributed by atoms with Gasteiger partial charge in [-0.05, 0) is 31.0 Å². The highest BCUT2D eigenvalue weighted by molar-refractivity contribution is 7.89. The number of aliphatic hydroxyl groups excluding tert-OH is 1. The summed E-state index contributed by atoms with van der Waals surface area (Å²) >= 11 is 0. The lowest BCUT2D eigenvalue weighted by Crippen LogP contribution is -2.44. The van der Waals surface area contributed by atoms with Crippen molar-refractivity contribution in [1.82, 2.24) is 10.0 Å². The van der Waals surface area contributed by atoms with Crippen LogP contribution in [0.4, 0.5) is 0 Å². The molecule has 0 aromatic carbocycles. The number of rotatable bonds is 7. The number of sulfonamides is 1. The highest BCUT2D eigenvalue weighted by Crippen LogP contribution is 2.24. The lowest BCUT2D eigenvalue weighted by atomic mass is 9.86. The Morgan fingerprint density at radius 3 is 2.50 bits per heavy atom. The molecule has 6 nitrogen and oxygen atoms in total. The van der Waals surface area contributed by atoms with Crippen molar-refractivity contribution in [1.29, 1.82) is 0 Å². The third kappa shape index (κ3) is 4.59. The largest absolute Gasteiger partial charge is 0.447 e. The van der Waals surface area contributed by atoms with Gasteiger partial charge in [0.1, 0.15) is 5.76 Å². The molecule has 0 amide bonds. The standard InChI is InChI=1S/C13H24N2O4S/c1-13(2,3)11(7-8-16)15-20(17,18)12-6-5-10(19-12)9-14-4/h5-6,11,14-16H,7-9H2,1-4H3. The summed E-state index contributed by atoms with van der Waals surface area (Å²) in [7, 11) is -1.96. The molecule has 1 rings (SSSR count). The first-order valence-corrected chi connectivity index (χ1v) is 8.05. The van der Waals surface area contributed by atoms with Crippen LogP contribution in [-0.4, -0.2) is 33.2 Å². The van der Waals surface area contributed by atoms with Crippen LogP contribution in [-0.2, 0) is 16.6 Å². The maximum atomic E-state index is 12.3. The third-order valence-electron chi connectivity index (χ3n) is 3.01. The Morgan fingerprint density at radius 1 is 1.35 bits per heavy atom. The first-order valence-electron chi connectivity index (χ1n) is 6.57. The van der Waals surface area contributed by atoms with Crippen LogP contribution in [0.1, 0.15) is 33.0 Å². The maximum absolute atomic E-state index is 12.3. The summed E-state index contributed by atoms with van der Waals surface area (Å²) in [5, 5.41) is 11.9. The van der Waals surface area contributed by atoms with E-state index in [-0.39, 0.29) is 23.2 Å². The Bertz CT molecular complexity index is 517. The smallest absolute Gasteiger partial charge is 0.274 e. The van der Waals surface area contributed by atoms with Crippen LogP contribution in [0.3, 0.4) is 0 Å². The summed E-state index contributed by atoms with van der Waals surface area (Å²) in [6.45, 7) is 6.15. The van der Waals surface area contributed by atoms with Gasteiger partial charge in [-0.2, -0.15) is 0 Å². The Morgan fingerprint density at radius 2 is 2.00 bits per heavy atom. The minimum absolute atomic E-state index is 0.0758. The normalized spacial score (nSPS) is 14.4. The SMILES string of the molecule is CNCc1ccc(S(=O)(=O)NC(CCO)C(C)(C)C)o1. The minimum Gasteiger partial charge on any atom is -0.447 e. The Labute approximate surface area is 120 Å². The molecule has 0 aliphatic heterocycles. The zero-order valence-corrected chi connectivity index (χ0v) is 13.3. The summed E-state index contributed by atoms with van der Waals surface area (Å²) < 4.78 is 32.5. The van der Waals surface area contributed by atoms with E-state index >= 15 is 0 Å². The van der Waals surface area contributed by atoms with Gasteiger partial charge in [0.15, 0.2) is 0 Å². The maximum Gasteiger partial charge on any atom is 0.274 e. The predicted molar refractivity (Wildman–Crippen MR) is 76.7 cm³/mol. The molecule has 20 heavy (non-hydrogen) atoms. The summed E-state index contributed by atoms with van der Waals surface area (Å²) in [4.78, 5) is 0. The van der Waals surface area contributed by atoms with Gasteiger partial charge in [0, 0.05) is 12.6 Å². The van der Waals surface area contributed by atoms with Crippen LogP contribution < -0.4 is 10.0 Å². The Kier molecular flexibility index (Phi) is 5.76. The zero-order valence-electron chi connectivity index (χ0n) is 12.4. The minimum atomic E-state index is -3.72. The third-order valence-corrected chi connectivity index (χ3v) is 4.36. The molecule has 0 aliphatic carbocycles. The second kappa shape index (κ2) is 6.71. The number of furan rings is 1. The summed E-state index contributed by atoms with van der Waals surface area (Å²) in [5.41, 5.74) is -0.295. The molecule has 0 radical (unpaired) electrons. The fourth-order valence-corrected chi connectivity index (χ4v) is 3.24. The van der Waals surface area contributed by atoms with Gasteiger partial charge in [-0.1, -0.05) is 20.8 Å². The van der Waals surface area contributed by atoms with Crippen LogP contribution in [0.2, 0.25) is 0 Å². The molecule has 3 N–H and O–H groups in total. The molecule has 0 spiro atoms. The molecule has 0 saturated carbocycles. The molecule has 0 saturated heterocycles. The summed E-state index contributed by atoms with van der Waals surface area (Å²) in [6, 6.07) is 2.70. The number of nitrogens with one attached hydrogen (secondary N) is 2. The van der Waals surface area contributed by atoms with E-state index in [0.29, 0.717) is 18.7 Å². The van der Waals surface area contributed by atoms with Crippen LogP contribution in [0, 0.1) is 5.41 Å². The monoisotopic (exact) mass is 304 g/mol. The molecule has 116 valence electrons. The lowest BCUT2D eigenvalue weighted by Gasteiger charge is -2.30. The first kappa shape index (κ1) is 17.2. The molecule has 0 bridgehead atoms. The second-order valence-electron chi connectivity index (χ2n) is 5.80. The molecule has 7 heteroatoms. The van der Waals surface area contributed by atoms with E-state index in [1.807, 2.05) is 20.8 Å². The van der Waals surface area contributed by atoms with E-state index in [1.165, 1.54) is 6.07 Å². The van der Waals surface area contributed by atoms with Crippen molar-refractivity contribution in [2.75, 3.05) is 13.7 Å². The quantitative estimate of drug-likeness (QED) is 0.701. The average molecular weight is 304 g/mol. The van der Waals surface area contributed by atoms with Gasteiger partial charge in [0.2, 0.25) is 5.09 Å². The molecule has 1 aromatic heterocycles. The fraction of sp³-hybridized carbons (Fsp3) is 0.692. The van der Waals surface area contributed by atoms with Gasteiger partial charge in [0.05, 0.1) is 6.54 Å². The highest BCUT2D eigenvalue weighted by Gasteiger charge is 2.30. The second-order valence-corrected chi connectivity index (χ2v) is 7.45. The Hall–Kier alpha value is -0.890. The molecule has 1 unspecified atom stereocenters. The number of hydrogen-bond donors (Lipinski definition) is 3. The highest BCUT2D eigenvalue weighted by atomic mass is 32.2. The van der Waals surface area contributed by atoms with Crippen molar-refractivity contribution in [2.45, 2.75) is 44.9 Å². The van der Waals surface area contributed by atoms with Crippen LogP contribution in [0.5, 0.6) is 0 Å². The molecule has 0 aliphatic rings. The van der Waals surface area contributed by atoms with Crippen molar-refractivity contribution in [3.63, 3.8) is 0 Å². The van der Waals surface area contributed by atoms with Crippen molar-refractivity contribution < 1.29 is 17.9 Å². The number of aliphatic hydroxyl groups is 1. The lowest BCUT2D eigenvalue weighted by molar-refractivity contribution is 0.214. The molecular weight excluding hydrogens is 280 g/mol. The van der Waals surface area contributed by atoms with E-state index in [1.54, 1.807) is 13.1 Å². The fourth-order valence-electron chi connectivity index (χ4n) is 1.82. The van der Waals surface area contributed by atoms with Gasteiger partial charge < -0.3 is 14.8 Å². The van der Waals surface area contributed by atoms with Crippen molar-refractivity contribution in [3.05, 3.63) is 17.9 Å². The van der Waals surface area contributed by atoms with E-state index in [0.717, 1.165) is 0 Å². The van der Waals surface area contributed by atoms with E-state index in [4.69, 9.17) is 9.52 Å². The summed E-state index contributed by atoms with van der Waals surface area (Å²) in [6.07, 6.45) is 0.354. The summed E-state index contributed by atoms with van der Waals surface area (Å²) in [5.74, 6) is 0.558. The van der Waals surface area contributed by atoms with Gasteiger partial charge in [0.25, 0.3) is 10.0 Å². The first-order chi connectivity index (χ1) is 9.20. The van der Waals surface area contributed by atoms with Crippen molar-refractivity contribution >= 4 is 10.0 Å². The number of hydrogen-bond acceptors (Lipinski definition) is 5. The van der Waals surface area contributed by atoms with Crippen LogP contribution >= 0.6 is 0 Å². The van der Waals surface area contributed by atoms with E-state index in [2.05, 4.69) is 10.0 Å². The predicted octanol–water partition coefficient (Wildman–Crippen LogP) is 1.07. The molecular formula is C13H24N2O4S. The molecule has 1 atom stereocenters. The Balaban J connectivity index is 2.91. The average Bonchev–Trinajstić information content (AvgIpc) is 2.77. The van der Waals surface area contributed by atoms with Crippen molar-refractivity contribution in [2.24, 2.45) is 5.41 Å². The molecule has 0 fully saturated rings. The molecule has 1 aromatic rings. The topological polar surface area (TPSA) is 91.6 Å². The van der Waals surface area contributed by atoms with Gasteiger partial charge in [-0.25, -0.2) is 13.1 Å². The van der Waals surface area contributed by atoms with Crippen molar-refractivity contribution in [3.8, 4) is 0 Å². The van der Waals surface area contributed by atoms with Crippen LogP contribution in [0.25, 0.3) is 0 Å². The zero-order chi connectivity index (χ0) is 15.4.